The summed E-state index contributed by atoms with van der Waals surface area (Å²) >= 11 is 0. The molecule has 1 aromatic heterocycles. The summed E-state index contributed by atoms with van der Waals surface area (Å²) in [7, 11) is 3.69. The monoisotopic (exact) mass is 436 g/mol. The number of benzene rings is 2. The van der Waals surface area contributed by atoms with E-state index in [0.717, 1.165) is 65.2 Å². The average Bonchev–Trinajstić information content (AvgIpc) is 3.05. The van der Waals surface area contributed by atoms with Gasteiger partial charge in [0.1, 0.15) is 17.1 Å². The Morgan fingerprint density at radius 3 is 2.69 bits per heavy atom. The Morgan fingerprint density at radius 2 is 1.94 bits per heavy atom. The summed E-state index contributed by atoms with van der Waals surface area (Å²) in [5.74, 6) is 1.46. The van der Waals surface area contributed by atoms with Gasteiger partial charge in [0.2, 0.25) is 0 Å². The van der Waals surface area contributed by atoms with Crippen molar-refractivity contribution in [3.63, 3.8) is 0 Å². The number of para-hydroxylation sites is 1. The molecule has 2 aliphatic heterocycles. The van der Waals surface area contributed by atoms with E-state index in [9.17, 15) is 10.2 Å². The number of rotatable bonds is 4. The van der Waals surface area contributed by atoms with E-state index in [-0.39, 0.29) is 5.60 Å². The molecule has 1 fully saturated rings. The van der Waals surface area contributed by atoms with E-state index in [1.54, 1.807) is 7.11 Å². The van der Waals surface area contributed by atoms with Gasteiger partial charge in [0.15, 0.2) is 0 Å². The summed E-state index contributed by atoms with van der Waals surface area (Å²) < 4.78 is 14.0. The van der Waals surface area contributed by atoms with Crippen LogP contribution in [0.2, 0.25) is 0 Å². The number of aliphatic hydroxyl groups excluding tert-OH is 2. The third-order valence-corrected chi connectivity index (χ3v) is 7.45. The van der Waals surface area contributed by atoms with Crippen LogP contribution >= 0.6 is 0 Å². The van der Waals surface area contributed by atoms with Gasteiger partial charge >= 0.3 is 0 Å². The predicted molar refractivity (Wildman–Crippen MR) is 124 cm³/mol. The van der Waals surface area contributed by atoms with Crippen molar-refractivity contribution in [3.05, 3.63) is 59.3 Å². The van der Waals surface area contributed by atoms with Crippen molar-refractivity contribution >= 4 is 10.9 Å². The number of aromatic nitrogens is 1. The number of likely N-dealkylation sites (tertiary alicyclic amines) is 1. The topological polar surface area (TPSA) is 67.1 Å². The quantitative estimate of drug-likeness (QED) is 0.650. The van der Waals surface area contributed by atoms with Gasteiger partial charge in [-0.05, 0) is 38.0 Å². The molecular formula is C26H32N2O4. The van der Waals surface area contributed by atoms with Crippen LogP contribution in [0, 0.1) is 6.92 Å². The second-order valence-electron chi connectivity index (χ2n) is 9.30. The van der Waals surface area contributed by atoms with Crippen molar-refractivity contribution in [1.29, 1.82) is 0 Å². The maximum atomic E-state index is 11.2. The van der Waals surface area contributed by atoms with Crippen molar-refractivity contribution in [2.45, 2.75) is 44.0 Å². The minimum atomic E-state index is -0.544. The minimum absolute atomic E-state index is 0.365. The Kier molecular flexibility index (Phi) is 5.40. The number of methoxy groups -OCH3 is 1. The number of aryl methyl sites for hydroxylation is 1. The van der Waals surface area contributed by atoms with E-state index in [0.29, 0.717) is 13.0 Å². The van der Waals surface area contributed by atoms with Crippen LogP contribution < -0.4 is 9.47 Å². The molecular weight excluding hydrogens is 404 g/mol. The van der Waals surface area contributed by atoms with Crippen LogP contribution in [0.1, 0.15) is 48.3 Å². The molecule has 170 valence electrons. The number of aliphatic hydroxyl groups is 2. The number of nitrogens with zero attached hydrogens (tertiary/aromatic N) is 2. The van der Waals surface area contributed by atoms with Gasteiger partial charge < -0.3 is 29.2 Å². The lowest BCUT2D eigenvalue weighted by molar-refractivity contribution is -0.0588. The van der Waals surface area contributed by atoms with E-state index in [2.05, 4.69) is 35.6 Å². The van der Waals surface area contributed by atoms with E-state index in [1.807, 2.05) is 30.3 Å². The molecule has 0 saturated carbocycles. The van der Waals surface area contributed by atoms with Crippen LogP contribution in [0.4, 0.5) is 0 Å². The summed E-state index contributed by atoms with van der Waals surface area (Å²) in [5.41, 5.74) is 3.75. The maximum Gasteiger partial charge on any atom is 0.129 e. The van der Waals surface area contributed by atoms with Gasteiger partial charge in [-0.25, -0.2) is 0 Å². The molecule has 3 heterocycles. The Labute approximate surface area is 189 Å². The summed E-state index contributed by atoms with van der Waals surface area (Å²) in [6.07, 6.45) is 1.17. The van der Waals surface area contributed by atoms with Crippen LogP contribution in [-0.2, 0) is 7.05 Å². The molecule has 0 amide bonds. The second-order valence-corrected chi connectivity index (χ2v) is 9.30. The zero-order valence-electron chi connectivity index (χ0n) is 19.0. The lowest BCUT2D eigenvalue weighted by Gasteiger charge is -2.46. The van der Waals surface area contributed by atoms with Gasteiger partial charge in [0.25, 0.3) is 0 Å². The molecule has 32 heavy (non-hydrogen) atoms. The molecule has 3 aromatic rings. The number of ether oxygens (including phenoxy) is 2. The normalized spacial score (nSPS) is 21.3. The van der Waals surface area contributed by atoms with Crippen LogP contribution in [0.3, 0.4) is 0 Å². The standard InChI is InChI=1S/C26H32N2O4/c1-17-25(19-6-4-5-7-21(19)27(17)2)23(30)16-28-12-10-26(11-13-28)15-22(29)20-9-8-18(31-3)14-24(20)32-26/h4-9,14,22-23,29-30H,10-13,15-16H2,1-3H3/t22-,23-/m0/s1. The average molecular weight is 437 g/mol. The third kappa shape index (κ3) is 3.56. The Balaban J connectivity index is 1.29. The summed E-state index contributed by atoms with van der Waals surface area (Å²) in [4.78, 5) is 2.31. The smallest absolute Gasteiger partial charge is 0.129 e. The first-order valence-electron chi connectivity index (χ1n) is 11.4. The van der Waals surface area contributed by atoms with Crippen LogP contribution in [0.5, 0.6) is 11.5 Å². The van der Waals surface area contributed by atoms with E-state index >= 15 is 0 Å². The Bertz CT molecular complexity index is 1130. The van der Waals surface area contributed by atoms with Crippen molar-refractivity contribution < 1.29 is 19.7 Å². The molecule has 0 aliphatic carbocycles. The molecule has 2 atom stereocenters. The number of hydrogen-bond acceptors (Lipinski definition) is 5. The molecule has 5 rings (SSSR count). The SMILES string of the molecule is COc1ccc2c(c1)OC1(CCN(C[C@H](O)c3c(C)n(C)c4ccccc34)CC1)C[C@@H]2O. The van der Waals surface area contributed by atoms with Gasteiger partial charge in [0.05, 0.1) is 19.3 Å². The van der Waals surface area contributed by atoms with Gasteiger partial charge in [-0.3, -0.25) is 0 Å². The summed E-state index contributed by atoms with van der Waals surface area (Å²) in [6, 6.07) is 13.9. The lowest BCUT2D eigenvalue weighted by Crippen LogP contribution is -2.51. The molecule has 0 unspecified atom stereocenters. The van der Waals surface area contributed by atoms with Gasteiger partial charge in [0, 0.05) is 66.9 Å². The summed E-state index contributed by atoms with van der Waals surface area (Å²) in [5, 5.41) is 23.0. The Morgan fingerprint density at radius 1 is 1.19 bits per heavy atom. The number of β-amino-alcohol motifs (C(OH)–C–C–N with tert-alkyl or cyclic N) is 1. The first kappa shape index (κ1) is 21.3. The predicted octanol–water partition coefficient (Wildman–Crippen LogP) is 3.88. The number of hydrogen-bond donors (Lipinski definition) is 2. The van der Waals surface area contributed by atoms with E-state index < -0.39 is 12.2 Å². The molecule has 1 saturated heterocycles. The fourth-order valence-corrected chi connectivity index (χ4v) is 5.50. The minimum Gasteiger partial charge on any atom is -0.497 e. The van der Waals surface area contributed by atoms with Crippen molar-refractivity contribution in [1.82, 2.24) is 9.47 Å². The highest BCUT2D eigenvalue weighted by molar-refractivity contribution is 5.85. The molecule has 1 spiro atoms. The molecule has 2 N–H and O–H groups in total. The molecule has 6 nitrogen and oxygen atoms in total. The molecule has 2 aromatic carbocycles. The van der Waals surface area contributed by atoms with E-state index in [1.165, 1.54) is 0 Å². The molecule has 0 bridgehead atoms. The van der Waals surface area contributed by atoms with Gasteiger partial charge in [-0.2, -0.15) is 0 Å². The zero-order chi connectivity index (χ0) is 22.5. The van der Waals surface area contributed by atoms with Gasteiger partial charge in [-0.1, -0.05) is 18.2 Å². The fraction of sp³-hybridized carbons (Fsp3) is 0.462. The zero-order valence-corrected chi connectivity index (χ0v) is 19.0. The van der Waals surface area contributed by atoms with Crippen LogP contribution in [-0.4, -0.2) is 52.0 Å². The van der Waals surface area contributed by atoms with Crippen molar-refractivity contribution in [2.24, 2.45) is 7.05 Å². The second kappa shape index (κ2) is 8.10. The first-order chi connectivity index (χ1) is 15.4. The largest absolute Gasteiger partial charge is 0.497 e. The van der Waals surface area contributed by atoms with Crippen molar-refractivity contribution in [2.75, 3.05) is 26.7 Å². The van der Waals surface area contributed by atoms with Gasteiger partial charge in [-0.15, -0.1) is 0 Å². The highest BCUT2D eigenvalue weighted by atomic mass is 16.5. The molecule has 2 aliphatic rings. The number of fused-ring (bicyclic) bond motifs is 2. The fourth-order valence-electron chi connectivity index (χ4n) is 5.50. The number of piperidine rings is 1. The highest BCUT2D eigenvalue weighted by Gasteiger charge is 2.43. The third-order valence-electron chi connectivity index (χ3n) is 7.45. The van der Waals surface area contributed by atoms with E-state index in [4.69, 9.17) is 9.47 Å². The Hall–Kier alpha value is -2.54. The lowest BCUT2D eigenvalue weighted by atomic mass is 9.81. The van der Waals surface area contributed by atoms with Crippen LogP contribution in [0.15, 0.2) is 42.5 Å². The van der Waals surface area contributed by atoms with Crippen LogP contribution in [0.25, 0.3) is 10.9 Å². The first-order valence-corrected chi connectivity index (χ1v) is 11.4. The summed E-state index contributed by atoms with van der Waals surface area (Å²) in [6.45, 7) is 4.32. The highest BCUT2D eigenvalue weighted by Crippen LogP contribution is 2.45. The maximum absolute atomic E-state index is 11.2. The molecule has 6 heteroatoms. The van der Waals surface area contributed by atoms with Crippen molar-refractivity contribution in [3.8, 4) is 11.5 Å². The molecule has 0 radical (unpaired) electrons.